The van der Waals surface area contributed by atoms with E-state index in [4.69, 9.17) is 23.7 Å². The average Bonchev–Trinajstić information content (AvgIpc) is 3.36. The Morgan fingerprint density at radius 1 is 0.447 bits per heavy atom. The van der Waals surface area contributed by atoms with Gasteiger partial charge < -0.3 is 48.2 Å². The Hall–Kier alpha value is -6.53. The molecular formula is C57H83N5O14. The van der Waals surface area contributed by atoms with Gasteiger partial charge in [0, 0.05) is 54.1 Å². The minimum atomic E-state index is -1.56. The van der Waals surface area contributed by atoms with Crippen LogP contribution in [0.4, 0.5) is 4.79 Å². The van der Waals surface area contributed by atoms with Crippen molar-refractivity contribution in [1.82, 2.24) is 24.5 Å². The van der Waals surface area contributed by atoms with Gasteiger partial charge >= 0.3 is 30.0 Å². The summed E-state index contributed by atoms with van der Waals surface area (Å²) in [5, 5.41) is 0. The second kappa shape index (κ2) is 28.6. The summed E-state index contributed by atoms with van der Waals surface area (Å²) in [6.07, 6.45) is -5.69. The highest BCUT2D eigenvalue weighted by molar-refractivity contribution is 5.94. The Balaban J connectivity index is 1.85. The highest BCUT2D eigenvalue weighted by Crippen LogP contribution is 2.25. The largest absolute Gasteiger partial charge is 0.451 e. The maximum atomic E-state index is 14.9. The number of amides is 5. The van der Waals surface area contributed by atoms with Crippen LogP contribution in [0.2, 0.25) is 0 Å². The molecule has 0 spiro atoms. The van der Waals surface area contributed by atoms with Gasteiger partial charge in [-0.2, -0.15) is 0 Å². The van der Waals surface area contributed by atoms with Crippen molar-refractivity contribution in [3.63, 3.8) is 0 Å². The van der Waals surface area contributed by atoms with Gasteiger partial charge in [-0.1, -0.05) is 110 Å². The lowest BCUT2D eigenvalue weighted by atomic mass is 9.99. The second-order valence-corrected chi connectivity index (χ2v) is 22.0. The molecule has 4 rings (SSSR count). The molecule has 0 bridgehead atoms. The van der Waals surface area contributed by atoms with Crippen molar-refractivity contribution in [2.45, 2.75) is 169 Å². The number of cyclic esters (lactones) is 5. The molecule has 2 aromatic rings. The quantitative estimate of drug-likeness (QED) is 0.157. The van der Waals surface area contributed by atoms with E-state index in [0.717, 1.165) is 25.2 Å². The van der Waals surface area contributed by atoms with Crippen LogP contribution in [0.15, 0.2) is 54.6 Å². The first-order valence-corrected chi connectivity index (χ1v) is 26.6. The van der Waals surface area contributed by atoms with Crippen LogP contribution in [-0.2, 0) is 81.4 Å². The Morgan fingerprint density at radius 3 is 1.13 bits per heavy atom. The van der Waals surface area contributed by atoms with Crippen molar-refractivity contribution in [2.75, 3.05) is 41.3 Å². The van der Waals surface area contributed by atoms with Crippen LogP contribution >= 0.6 is 0 Å². The standard InChI is InChI=1S/C57H83N5O14/c1-34(2)27-43-53(67)73-39(10)50(64)59(12)46(30-37(7)8)56(70)76-48(32-41-21-23-42(24-22-41)33-62-25-18-26-72-57(62)71)52(66)61(14)44(28-35(3)4)54(68)74-38(9)49(63)58(11)45(29-36(5)6)55(69)75-47(51(65)60(43)13)31-40-19-16-15-17-20-40/h15-17,19-24,34-39,43-48H,18,25-33H2,1-14H3/t38-,39-,43+,44+,45+,46+,47-,48-/m1/s1. The minimum Gasteiger partial charge on any atom is -0.451 e. The molecule has 5 amide bonds. The monoisotopic (exact) mass is 1060 g/mol. The smallest absolute Gasteiger partial charge is 0.410 e. The third kappa shape index (κ3) is 17.5. The molecular weight excluding hydrogens is 979 g/mol. The summed E-state index contributed by atoms with van der Waals surface area (Å²) in [5.74, 6) is -7.48. The third-order valence-corrected chi connectivity index (χ3v) is 13.6. The number of hydrogen-bond acceptors (Lipinski definition) is 14. The van der Waals surface area contributed by atoms with E-state index in [1.165, 1.54) is 42.0 Å². The fraction of sp³-hybridized carbons (Fsp3) is 0.632. The molecule has 2 aliphatic rings. The molecule has 0 radical (unpaired) electrons. The van der Waals surface area contributed by atoms with E-state index in [2.05, 4.69) is 0 Å². The van der Waals surface area contributed by atoms with Gasteiger partial charge in [0.2, 0.25) is 0 Å². The molecule has 2 saturated heterocycles. The number of rotatable bonds is 14. The number of hydrogen-bond donors (Lipinski definition) is 0. The van der Waals surface area contributed by atoms with Crippen molar-refractivity contribution in [2.24, 2.45) is 23.7 Å². The molecule has 0 aliphatic carbocycles. The van der Waals surface area contributed by atoms with E-state index in [1.54, 1.807) is 59.5 Å². The third-order valence-electron chi connectivity index (χ3n) is 13.6. The lowest BCUT2D eigenvalue weighted by molar-refractivity contribution is -0.176. The summed E-state index contributed by atoms with van der Waals surface area (Å²) < 4.78 is 29.1. The topological polar surface area (TPSA) is 216 Å². The number of carbonyl (C=O) groups is 9. The van der Waals surface area contributed by atoms with Crippen LogP contribution in [0.25, 0.3) is 0 Å². The molecule has 2 aliphatic heterocycles. The average molecular weight is 1060 g/mol. The van der Waals surface area contributed by atoms with Gasteiger partial charge in [-0.25, -0.2) is 24.0 Å². The number of nitrogens with zero attached hydrogens (tertiary/aromatic N) is 5. The maximum absolute atomic E-state index is 14.9. The number of ether oxygens (including phenoxy) is 5. The first kappa shape index (κ1) is 62.0. The molecule has 8 atom stereocenters. The Labute approximate surface area is 449 Å². The molecule has 19 nitrogen and oxygen atoms in total. The fourth-order valence-corrected chi connectivity index (χ4v) is 9.27. The van der Waals surface area contributed by atoms with Gasteiger partial charge in [-0.05, 0) is 86.3 Å². The Bertz CT molecular complexity index is 2310. The molecule has 76 heavy (non-hydrogen) atoms. The predicted molar refractivity (Wildman–Crippen MR) is 282 cm³/mol. The van der Waals surface area contributed by atoms with Gasteiger partial charge in [-0.15, -0.1) is 0 Å². The summed E-state index contributed by atoms with van der Waals surface area (Å²) in [6.45, 7) is 18.6. The minimum absolute atomic E-state index is 0.0710. The SMILES string of the molecule is CC(C)C[C@H]1C(=O)O[C@H](Cc2ccc(CN3CCCOC3=O)cc2)C(=O)N(C)[C@@H](CC(C)C)C(=O)O[C@H](C)C(=O)N(C)[C@@H](CC(C)C)C(=O)O[C@H](Cc2ccccc2)C(=O)N(C)[C@@H](CC(C)C)C(=O)O[C@H](C)C(=O)N1C. The van der Waals surface area contributed by atoms with Crippen molar-refractivity contribution in [1.29, 1.82) is 0 Å². The summed E-state index contributed by atoms with van der Waals surface area (Å²) in [7, 11) is 5.51. The van der Waals surface area contributed by atoms with E-state index in [9.17, 15) is 43.2 Å². The lowest BCUT2D eigenvalue weighted by Crippen LogP contribution is -2.55. The van der Waals surface area contributed by atoms with Crippen molar-refractivity contribution >= 4 is 53.6 Å². The van der Waals surface area contributed by atoms with Gasteiger partial charge in [0.05, 0.1) is 6.61 Å². The summed E-state index contributed by atoms with van der Waals surface area (Å²) >= 11 is 0. The zero-order valence-electron chi connectivity index (χ0n) is 47.1. The van der Waals surface area contributed by atoms with Crippen LogP contribution in [-0.4, -0.2) is 168 Å². The summed E-state index contributed by atoms with van der Waals surface area (Å²) in [6, 6.07) is 10.7. The van der Waals surface area contributed by atoms with E-state index in [-0.39, 0.29) is 68.7 Å². The second-order valence-electron chi connectivity index (χ2n) is 22.0. The normalized spacial score (nSPS) is 25.0. The van der Waals surface area contributed by atoms with Crippen LogP contribution < -0.4 is 0 Å². The summed E-state index contributed by atoms with van der Waals surface area (Å²) in [4.78, 5) is 135. The predicted octanol–water partition coefficient (Wildman–Crippen LogP) is 6.01. The van der Waals surface area contributed by atoms with Crippen molar-refractivity contribution < 1.29 is 66.8 Å². The molecule has 2 fully saturated rings. The maximum Gasteiger partial charge on any atom is 0.410 e. The number of benzene rings is 2. The van der Waals surface area contributed by atoms with E-state index < -0.39 is 102 Å². The van der Waals surface area contributed by atoms with E-state index in [1.807, 2.05) is 55.4 Å². The number of carbonyl (C=O) groups excluding carboxylic acids is 9. The molecule has 2 aromatic carbocycles. The molecule has 19 heteroatoms. The van der Waals surface area contributed by atoms with Crippen LogP contribution in [0.3, 0.4) is 0 Å². The van der Waals surface area contributed by atoms with Crippen LogP contribution in [0.1, 0.15) is 118 Å². The molecule has 0 saturated carbocycles. The lowest BCUT2D eigenvalue weighted by Gasteiger charge is -2.35. The highest BCUT2D eigenvalue weighted by Gasteiger charge is 2.43. The van der Waals surface area contributed by atoms with E-state index in [0.29, 0.717) is 30.7 Å². The molecule has 2 heterocycles. The zero-order chi connectivity index (χ0) is 56.7. The molecule has 0 N–H and O–H groups in total. The highest BCUT2D eigenvalue weighted by atomic mass is 16.6. The van der Waals surface area contributed by atoms with Gasteiger partial charge in [0.25, 0.3) is 23.6 Å². The molecule has 0 unspecified atom stereocenters. The zero-order valence-corrected chi connectivity index (χ0v) is 47.1. The molecule has 420 valence electrons. The fourth-order valence-electron chi connectivity index (χ4n) is 9.27. The van der Waals surface area contributed by atoms with Gasteiger partial charge in [-0.3, -0.25) is 19.2 Å². The first-order chi connectivity index (χ1) is 35.7. The van der Waals surface area contributed by atoms with Crippen LogP contribution in [0.5, 0.6) is 0 Å². The Kier molecular flexibility index (Phi) is 23.3. The first-order valence-electron chi connectivity index (χ1n) is 26.6. The number of likely N-dealkylation sites (N-methyl/N-ethyl adjacent to an activating group) is 4. The van der Waals surface area contributed by atoms with Gasteiger partial charge in [0.15, 0.2) is 24.4 Å². The number of esters is 4. The molecule has 0 aromatic heterocycles. The van der Waals surface area contributed by atoms with Crippen molar-refractivity contribution in [3.05, 3.63) is 71.3 Å². The van der Waals surface area contributed by atoms with Crippen LogP contribution in [0, 0.1) is 23.7 Å². The van der Waals surface area contributed by atoms with E-state index >= 15 is 0 Å². The summed E-state index contributed by atoms with van der Waals surface area (Å²) in [5.41, 5.74) is 1.99. The van der Waals surface area contributed by atoms with Crippen molar-refractivity contribution in [3.8, 4) is 0 Å². The Morgan fingerprint density at radius 2 is 0.776 bits per heavy atom. The van der Waals surface area contributed by atoms with Gasteiger partial charge in [0.1, 0.15) is 24.2 Å².